The predicted octanol–water partition coefficient (Wildman–Crippen LogP) is 3.83. The van der Waals surface area contributed by atoms with E-state index in [-0.39, 0.29) is 11.8 Å². The number of fused-ring (bicyclic) bond motifs is 1. The normalized spacial score (nSPS) is 19.7. The summed E-state index contributed by atoms with van der Waals surface area (Å²) in [5, 5.41) is 4.36. The van der Waals surface area contributed by atoms with Crippen LogP contribution in [0.25, 0.3) is 10.2 Å². The zero-order valence-corrected chi connectivity index (χ0v) is 18.8. The molecular weight excluding hydrogens is 398 g/mol. The number of nitrogens with zero attached hydrogens (tertiary/aromatic N) is 4. The van der Waals surface area contributed by atoms with Crippen molar-refractivity contribution in [2.45, 2.75) is 64.8 Å². The number of hydrogen-bond acceptors (Lipinski definition) is 6. The molecule has 2 aliphatic heterocycles. The smallest absolute Gasteiger partial charge is 0.264 e. The second kappa shape index (κ2) is 9.29. The van der Waals surface area contributed by atoms with E-state index in [4.69, 9.17) is 0 Å². The predicted molar refractivity (Wildman–Crippen MR) is 120 cm³/mol. The number of hydrogen-bond donors (Lipinski definition) is 1. The molecule has 7 nitrogen and oxygen atoms in total. The third kappa shape index (κ3) is 4.15. The molecule has 0 bridgehead atoms. The lowest BCUT2D eigenvalue weighted by atomic mass is 9.99. The Kier molecular flexibility index (Phi) is 6.51. The Morgan fingerprint density at radius 1 is 1.27 bits per heavy atom. The van der Waals surface area contributed by atoms with Gasteiger partial charge in [0, 0.05) is 38.6 Å². The molecule has 0 unspecified atom stereocenters. The summed E-state index contributed by atoms with van der Waals surface area (Å²) in [5.74, 6) is 1.19. The largest absolute Gasteiger partial charge is 0.369 e. The van der Waals surface area contributed by atoms with E-state index in [2.05, 4.69) is 27.1 Å². The molecule has 0 aromatic carbocycles. The Balaban J connectivity index is 1.48. The van der Waals surface area contributed by atoms with Crippen LogP contribution in [0.3, 0.4) is 0 Å². The van der Waals surface area contributed by atoms with Crippen LogP contribution in [0.5, 0.6) is 0 Å². The van der Waals surface area contributed by atoms with Crippen LogP contribution in [0.2, 0.25) is 0 Å². The number of carbonyl (C=O) groups is 2. The average molecular weight is 430 g/mol. The number of rotatable bonds is 7. The maximum atomic E-state index is 13.3. The second-order valence-corrected chi connectivity index (χ2v) is 9.28. The first-order valence-corrected chi connectivity index (χ1v) is 12.0. The fourth-order valence-electron chi connectivity index (χ4n) is 4.65. The molecule has 0 spiro atoms. The van der Waals surface area contributed by atoms with Gasteiger partial charge in [-0.05, 0) is 51.0 Å². The third-order valence-electron chi connectivity index (χ3n) is 6.35. The summed E-state index contributed by atoms with van der Waals surface area (Å²) in [7, 11) is 0. The molecule has 8 heteroatoms. The van der Waals surface area contributed by atoms with Crippen LogP contribution in [0, 0.1) is 6.92 Å². The quantitative estimate of drug-likeness (QED) is 0.677. The van der Waals surface area contributed by atoms with Gasteiger partial charge in [0.05, 0.1) is 10.3 Å². The molecule has 1 N–H and O–H groups in total. The molecule has 2 aliphatic rings. The number of aryl methyl sites for hydroxylation is 1. The molecule has 0 aliphatic carbocycles. The minimum Gasteiger partial charge on any atom is -0.369 e. The van der Waals surface area contributed by atoms with Crippen LogP contribution in [-0.4, -0.2) is 63.8 Å². The Morgan fingerprint density at radius 3 is 2.90 bits per heavy atom. The van der Waals surface area contributed by atoms with E-state index in [0.29, 0.717) is 12.5 Å². The number of thiophene rings is 1. The first-order chi connectivity index (χ1) is 14.6. The molecule has 162 valence electrons. The summed E-state index contributed by atoms with van der Waals surface area (Å²) < 4.78 is 0. The zero-order valence-electron chi connectivity index (χ0n) is 17.9. The lowest BCUT2D eigenvalue weighted by Gasteiger charge is -2.35. The molecule has 4 rings (SSSR count). The van der Waals surface area contributed by atoms with Crippen molar-refractivity contribution in [2.24, 2.45) is 0 Å². The Hall–Kier alpha value is -2.22. The average Bonchev–Trinajstić information content (AvgIpc) is 3.33. The topological polar surface area (TPSA) is 78.4 Å². The van der Waals surface area contributed by atoms with Gasteiger partial charge in [-0.1, -0.05) is 6.92 Å². The molecule has 1 atom stereocenters. The van der Waals surface area contributed by atoms with Crippen LogP contribution in [0.15, 0.2) is 6.33 Å². The lowest BCUT2D eigenvalue weighted by molar-refractivity contribution is -0.127. The monoisotopic (exact) mass is 429 g/mol. The van der Waals surface area contributed by atoms with Crippen LogP contribution in [-0.2, 0) is 4.79 Å². The highest BCUT2D eigenvalue weighted by Crippen LogP contribution is 2.35. The summed E-state index contributed by atoms with van der Waals surface area (Å²) in [6.45, 7) is 7.40. The van der Waals surface area contributed by atoms with Crippen LogP contribution in [0.4, 0.5) is 5.82 Å². The van der Waals surface area contributed by atoms with Gasteiger partial charge >= 0.3 is 0 Å². The van der Waals surface area contributed by atoms with Crippen LogP contribution in [0.1, 0.15) is 67.1 Å². The number of nitrogens with one attached hydrogen (secondary N) is 1. The van der Waals surface area contributed by atoms with Crippen molar-refractivity contribution in [2.75, 3.05) is 31.5 Å². The summed E-state index contributed by atoms with van der Waals surface area (Å²) in [6, 6.07) is 0.341. The second-order valence-electron chi connectivity index (χ2n) is 8.28. The van der Waals surface area contributed by atoms with Gasteiger partial charge < -0.3 is 15.1 Å². The van der Waals surface area contributed by atoms with E-state index >= 15 is 0 Å². The number of aromatic nitrogens is 2. The number of likely N-dealkylation sites (tertiary alicyclic amines) is 2. The van der Waals surface area contributed by atoms with Gasteiger partial charge in [-0.3, -0.25) is 9.59 Å². The first kappa shape index (κ1) is 21.0. The van der Waals surface area contributed by atoms with Gasteiger partial charge in [-0.25, -0.2) is 9.97 Å². The summed E-state index contributed by atoms with van der Waals surface area (Å²) in [4.78, 5) is 39.6. The van der Waals surface area contributed by atoms with Gasteiger partial charge in [-0.2, -0.15) is 0 Å². The number of piperidine rings is 1. The van der Waals surface area contributed by atoms with Crippen LogP contribution >= 0.6 is 11.3 Å². The molecule has 30 heavy (non-hydrogen) atoms. The van der Waals surface area contributed by atoms with E-state index in [9.17, 15) is 9.59 Å². The Morgan fingerprint density at radius 2 is 2.13 bits per heavy atom. The summed E-state index contributed by atoms with van der Waals surface area (Å²) >= 11 is 1.48. The molecule has 2 amide bonds. The highest BCUT2D eigenvalue weighted by atomic mass is 32.1. The van der Waals surface area contributed by atoms with Crippen molar-refractivity contribution < 1.29 is 9.59 Å². The van der Waals surface area contributed by atoms with Crippen molar-refractivity contribution in [3.05, 3.63) is 16.8 Å². The number of anilines is 1. The van der Waals surface area contributed by atoms with Crippen molar-refractivity contribution in [3.63, 3.8) is 0 Å². The van der Waals surface area contributed by atoms with Crippen molar-refractivity contribution in [3.8, 4) is 0 Å². The molecule has 0 radical (unpaired) electrons. The summed E-state index contributed by atoms with van der Waals surface area (Å²) in [5.41, 5.74) is 0.971. The maximum Gasteiger partial charge on any atom is 0.264 e. The fourth-order valence-corrected chi connectivity index (χ4v) is 5.75. The van der Waals surface area contributed by atoms with E-state index < -0.39 is 0 Å². The van der Waals surface area contributed by atoms with Crippen molar-refractivity contribution in [1.29, 1.82) is 0 Å². The molecule has 2 aromatic rings. The maximum absolute atomic E-state index is 13.3. The SMILES string of the molecule is CC[C@@H]1CCCCN1C(=O)c1sc2ncnc(NCCCN3CCCC3=O)c2c1C. The highest BCUT2D eigenvalue weighted by molar-refractivity contribution is 7.20. The molecule has 0 saturated carbocycles. The zero-order chi connectivity index (χ0) is 21.1. The fraction of sp³-hybridized carbons (Fsp3) is 0.636. The molecule has 2 aromatic heterocycles. The number of carbonyl (C=O) groups excluding carboxylic acids is 2. The van der Waals surface area contributed by atoms with E-state index in [1.54, 1.807) is 6.33 Å². The molecule has 2 saturated heterocycles. The van der Waals surface area contributed by atoms with E-state index in [1.807, 2.05) is 11.8 Å². The van der Waals surface area contributed by atoms with Crippen LogP contribution < -0.4 is 5.32 Å². The minimum atomic E-state index is 0.139. The lowest BCUT2D eigenvalue weighted by Crippen LogP contribution is -2.43. The minimum absolute atomic E-state index is 0.139. The number of amides is 2. The molecular formula is C22H31N5O2S. The Labute approximate surface area is 181 Å². The molecule has 4 heterocycles. The van der Waals surface area contributed by atoms with Gasteiger partial charge in [0.25, 0.3) is 5.91 Å². The van der Waals surface area contributed by atoms with Gasteiger partial charge in [-0.15, -0.1) is 11.3 Å². The highest BCUT2D eigenvalue weighted by Gasteiger charge is 2.29. The van der Waals surface area contributed by atoms with Gasteiger partial charge in [0.15, 0.2) is 0 Å². The third-order valence-corrected chi connectivity index (χ3v) is 7.54. The van der Waals surface area contributed by atoms with Gasteiger partial charge in [0.1, 0.15) is 17.0 Å². The van der Waals surface area contributed by atoms with Crippen molar-refractivity contribution in [1.82, 2.24) is 19.8 Å². The van der Waals surface area contributed by atoms with Crippen molar-refractivity contribution >= 4 is 39.2 Å². The Bertz CT molecular complexity index is 928. The molecule has 2 fully saturated rings. The van der Waals surface area contributed by atoms with E-state index in [0.717, 1.165) is 84.8 Å². The summed E-state index contributed by atoms with van der Waals surface area (Å²) in [6.07, 6.45) is 8.47. The standard InChI is InChI=1S/C22H31N5O2S/c1-3-16-8-4-5-13-27(16)22(29)19-15(2)18-20(24-14-25-21(18)30-19)23-10-7-12-26-11-6-9-17(26)28/h14,16H,3-13H2,1-2H3,(H,23,24,25)/t16-/m1/s1. The van der Waals surface area contributed by atoms with Gasteiger partial charge in [0.2, 0.25) is 5.91 Å². The van der Waals surface area contributed by atoms with E-state index in [1.165, 1.54) is 17.8 Å². The first-order valence-electron chi connectivity index (χ1n) is 11.2.